The van der Waals surface area contributed by atoms with Crippen molar-refractivity contribution < 1.29 is 28.9 Å². The molecule has 1 aromatic carbocycles. The van der Waals surface area contributed by atoms with Gasteiger partial charge in [0.25, 0.3) is 0 Å². The van der Waals surface area contributed by atoms with Gasteiger partial charge in [-0.2, -0.15) is 0 Å². The molecule has 6 rings (SSSR count). The van der Waals surface area contributed by atoms with Crippen LogP contribution in [0.3, 0.4) is 0 Å². The molecule has 1 N–H and O–H groups in total. The van der Waals surface area contributed by atoms with Gasteiger partial charge in [-0.15, -0.1) is 0 Å². The molecule has 34 heavy (non-hydrogen) atoms. The van der Waals surface area contributed by atoms with Crippen molar-refractivity contribution in [2.24, 2.45) is 5.92 Å². The highest BCUT2D eigenvalue weighted by molar-refractivity contribution is 5.90. The number of ketones is 1. The minimum atomic E-state index is -0.985. The number of nitrogens with zero attached hydrogens (tertiary/aromatic N) is 1. The summed E-state index contributed by atoms with van der Waals surface area (Å²) in [6, 6.07) is 3.93. The van der Waals surface area contributed by atoms with E-state index in [4.69, 9.17) is 14.2 Å². The van der Waals surface area contributed by atoms with Gasteiger partial charge < -0.3 is 19.3 Å². The Morgan fingerprint density at radius 3 is 2.91 bits per heavy atom. The first-order valence-electron chi connectivity index (χ1n) is 13.1. The van der Waals surface area contributed by atoms with E-state index in [0.717, 1.165) is 55.8 Å². The lowest BCUT2D eigenvalue weighted by Gasteiger charge is -2.62. The van der Waals surface area contributed by atoms with Gasteiger partial charge in [0.15, 0.2) is 23.4 Å². The van der Waals surface area contributed by atoms with Gasteiger partial charge in [0, 0.05) is 31.0 Å². The SMILES string of the molecule is CCCCCC(=O)OCOc1ccc2c3c1O[C@H]1C(=O)CC[C@@]4(O)C(C2)N(CC2CC2)CC[C@]314. The second-order valence-electron chi connectivity index (χ2n) is 10.9. The van der Waals surface area contributed by atoms with E-state index in [2.05, 4.69) is 17.9 Å². The van der Waals surface area contributed by atoms with Crippen LogP contribution < -0.4 is 9.47 Å². The lowest BCUT2D eigenvalue weighted by Crippen LogP contribution is -2.76. The number of Topliss-reactive ketones (excluding diaryl/α,β-unsaturated/α-hetero) is 1. The fourth-order valence-electron chi connectivity index (χ4n) is 7.12. The van der Waals surface area contributed by atoms with E-state index in [9.17, 15) is 14.7 Å². The van der Waals surface area contributed by atoms with Crippen LogP contribution in [0.5, 0.6) is 11.5 Å². The van der Waals surface area contributed by atoms with Crippen LogP contribution >= 0.6 is 0 Å². The number of aliphatic hydroxyl groups is 1. The Morgan fingerprint density at radius 1 is 1.26 bits per heavy atom. The molecule has 1 unspecified atom stereocenters. The average molecular weight is 470 g/mol. The highest BCUT2D eigenvalue weighted by atomic mass is 16.7. The zero-order chi connectivity index (χ0) is 23.5. The van der Waals surface area contributed by atoms with E-state index in [1.54, 1.807) is 0 Å². The Hall–Kier alpha value is -2.12. The van der Waals surface area contributed by atoms with Gasteiger partial charge in [0.1, 0.15) is 0 Å². The number of ether oxygens (including phenoxy) is 3. The molecule has 2 saturated carbocycles. The molecule has 2 aliphatic heterocycles. The van der Waals surface area contributed by atoms with Gasteiger partial charge in [0.2, 0.25) is 6.79 Å². The number of unbranched alkanes of at least 4 members (excludes halogenated alkanes) is 2. The summed E-state index contributed by atoms with van der Waals surface area (Å²) in [6.45, 7) is 3.81. The Kier molecular flexibility index (Phi) is 5.41. The second kappa shape index (κ2) is 8.23. The fourth-order valence-corrected chi connectivity index (χ4v) is 7.12. The monoisotopic (exact) mass is 469 g/mol. The highest BCUT2D eigenvalue weighted by Gasteiger charge is 2.73. The van der Waals surface area contributed by atoms with Gasteiger partial charge in [-0.25, -0.2) is 0 Å². The maximum Gasteiger partial charge on any atom is 0.308 e. The van der Waals surface area contributed by atoms with Crippen molar-refractivity contribution in [3.05, 3.63) is 23.3 Å². The number of esters is 1. The number of rotatable bonds is 9. The molecule has 1 spiro atoms. The fraction of sp³-hybridized carbons (Fsp3) is 0.704. The summed E-state index contributed by atoms with van der Waals surface area (Å²) >= 11 is 0. The minimum Gasteiger partial charge on any atom is -0.477 e. The molecule has 1 saturated heterocycles. The molecule has 2 heterocycles. The van der Waals surface area contributed by atoms with Crippen molar-refractivity contribution in [3.8, 4) is 11.5 Å². The van der Waals surface area contributed by atoms with E-state index in [0.29, 0.717) is 37.2 Å². The number of likely N-dealkylation sites (tertiary alicyclic amines) is 1. The van der Waals surface area contributed by atoms with Crippen LogP contribution in [0.4, 0.5) is 0 Å². The number of carbonyl (C=O) groups is 2. The highest BCUT2D eigenvalue weighted by Crippen LogP contribution is 2.65. The maximum absolute atomic E-state index is 13.1. The third kappa shape index (κ3) is 3.23. The molecular formula is C27H35NO6. The predicted molar refractivity (Wildman–Crippen MR) is 124 cm³/mol. The first-order valence-corrected chi connectivity index (χ1v) is 13.1. The Balaban J connectivity index is 1.29. The summed E-state index contributed by atoms with van der Waals surface area (Å²) < 4.78 is 17.5. The third-order valence-corrected chi connectivity index (χ3v) is 8.96. The molecule has 7 heteroatoms. The maximum atomic E-state index is 13.1. The molecule has 0 aromatic heterocycles. The molecule has 3 aliphatic carbocycles. The number of piperidine rings is 1. The molecule has 5 aliphatic rings. The van der Waals surface area contributed by atoms with Crippen molar-refractivity contribution in [1.82, 2.24) is 4.90 Å². The summed E-state index contributed by atoms with van der Waals surface area (Å²) in [6.07, 6.45) is 7.41. The van der Waals surface area contributed by atoms with Crippen LogP contribution in [0, 0.1) is 5.92 Å². The van der Waals surface area contributed by atoms with Crippen molar-refractivity contribution in [2.75, 3.05) is 19.9 Å². The van der Waals surface area contributed by atoms with Crippen molar-refractivity contribution in [2.45, 2.75) is 94.3 Å². The van der Waals surface area contributed by atoms with E-state index in [1.807, 2.05) is 6.07 Å². The molecule has 0 amide bonds. The Bertz CT molecular complexity index is 1010. The normalized spacial score (nSPS) is 33.3. The molecule has 184 valence electrons. The quantitative estimate of drug-likeness (QED) is 0.337. The predicted octanol–water partition coefficient (Wildman–Crippen LogP) is 3.28. The van der Waals surface area contributed by atoms with Gasteiger partial charge in [-0.1, -0.05) is 25.8 Å². The van der Waals surface area contributed by atoms with E-state index in [-0.39, 0.29) is 24.6 Å². The lowest BCUT2D eigenvalue weighted by molar-refractivity contribution is -0.188. The van der Waals surface area contributed by atoms with Crippen LogP contribution in [-0.2, 0) is 26.2 Å². The van der Waals surface area contributed by atoms with E-state index >= 15 is 0 Å². The summed E-state index contributed by atoms with van der Waals surface area (Å²) in [7, 11) is 0. The van der Waals surface area contributed by atoms with Gasteiger partial charge in [0.05, 0.1) is 11.0 Å². The van der Waals surface area contributed by atoms with Crippen molar-refractivity contribution in [1.29, 1.82) is 0 Å². The molecule has 4 atom stereocenters. The number of carbonyl (C=O) groups excluding carboxylic acids is 2. The van der Waals surface area contributed by atoms with Crippen LogP contribution in [0.1, 0.15) is 75.8 Å². The first kappa shape index (κ1) is 22.4. The van der Waals surface area contributed by atoms with Crippen LogP contribution in [0.2, 0.25) is 0 Å². The Morgan fingerprint density at radius 2 is 2.12 bits per heavy atom. The second-order valence-corrected chi connectivity index (χ2v) is 10.9. The van der Waals surface area contributed by atoms with Gasteiger partial charge in [-0.3, -0.25) is 14.5 Å². The van der Waals surface area contributed by atoms with Gasteiger partial charge in [-0.05, 0) is 62.6 Å². The van der Waals surface area contributed by atoms with Crippen molar-refractivity contribution >= 4 is 11.8 Å². The zero-order valence-electron chi connectivity index (χ0n) is 20.0. The average Bonchev–Trinajstić information content (AvgIpc) is 3.56. The summed E-state index contributed by atoms with van der Waals surface area (Å²) in [5.74, 6) is 1.59. The largest absolute Gasteiger partial charge is 0.477 e. The molecule has 3 fully saturated rings. The smallest absolute Gasteiger partial charge is 0.308 e. The van der Waals surface area contributed by atoms with E-state index < -0.39 is 17.1 Å². The van der Waals surface area contributed by atoms with Crippen molar-refractivity contribution in [3.63, 3.8) is 0 Å². The molecular weight excluding hydrogens is 434 g/mol. The number of hydrogen-bond donors (Lipinski definition) is 1. The molecule has 0 radical (unpaired) electrons. The molecule has 2 bridgehead atoms. The standard InChI is InChI=1S/C27H35NO6/c1-2-3-4-5-22(30)33-16-32-20-9-8-18-14-21-27(31)11-10-19(29)25-26(27,23(18)24(20)34-25)12-13-28(21)15-17-6-7-17/h8-9,17,21,25,31H,2-7,10-16H2,1H3/t21?,25-,26-,27+/m0/s1. The first-order chi connectivity index (χ1) is 16.5. The molecule has 1 aromatic rings. The van der Waals surface area contributed by atoms with Crippen LogP contribution in [0.15, 0.2) is 12.1 Å². The molecule has 7 nitrogen and oxygen atoms in total. The van der Waals surface area contributed by atoms with E-state index in [1.165, 1.54) is 12.8 Å². The third-order valence-electron chi connectivity index (χ3n) is 8.96. The van der Waals surface area contributed by atoms with Gasteiger partial charge >= 0.3 is 5.97 Å². The van der Waals surface area contributed by atoms with Crippen LogP contribution in [-0.4, -0.2) is 59.4 Å². The zero-order valence-corrected chi connectivity index (χ0v) is 20.0. The van der Waals surface area contributed by atoms with Crippen LogP contribution in [0.25, 0.3) is 0 Å². The summed E-state index contributed by atoms with van der Waals surface area (Å²) in [5, 5.41) is 12.3. The topological polar surface area (TPSA) is 85.3 Å². The Labute approximate surface area is 200 Å². The lowest BCUT2D eigenvalue weighted by atomic mass is 9.49. The number of hydrogen-bond acceptors (Lipinski definition) is 7. The number of benzene rings is 1. The summed E-state index contributed by atoms with van der Waals surface area (Å²) in [5.41, 5.74) is 0.404. The minimum absolute atomic E-state index is 0.00958. The summed E-state index contributed by atoms with van der Waals surface area (Å²) in [4.78, 5) is 27.6.